The lowest BCUT2D eigenvalue weighted by Crippen LogP contribution is -1.96. The molecule has 5 rings (SSSR count). The molecular weight excluding hydrogens is 420 g/mol. The van der Waals surface area contributed by atoms with Gasteiger partial charge in [-0.15, -0.1) is 0 Å². The Morgan fingerprint density at radius 3 is 2.09 bits per heavy atom. The molecule has 0 radical (unpaired) electrons. The molecule has 5 aromatic rings. The zero-order valence-electron chi connectivity index (χ0n) is 21.1. The Hall–Kier alpha value is -3.90. The van der Waals surface area contributed by atoms with Crippen LogP contribution in [0.5, 0.6) is 0 Å². The molecule has 0 N–H and O–H groups in total. The molecule has 0 atom stereocenters. The fourth-order valence-electron chi connectivity index (χ4n) is 5.35. The van der Waals surface area contributed by atoms with Gasteiger partial charge in [0.15, 0.2) is 0 Å². The zero-order chi connectivity index (χ0) is 24.4. The standard InChI is InChI=1S/C35H32/c1-5-12-33-29(6-2)32(22-21-31(33)26-14-8-7-9-15-26)28-20-19-27-18-17-25(4)35(34(27)23-28)30-16-11-10-13-24(30)3/h5,7-23H,6H2,1-4H3/b12-5-. The minimum absolute atomic E-state index is 0.978. The summed E-state index contributed by atoms with van der Waals surface area (Å²) in [6.07, 6.45) is 5.41. The molecule has 5 aromatic carbocycles. The lowest BCUT2D eigenvalue weighted by molar-refractivity contribution is 1.14. The maximum Gasteiger partial charge on any atom is -0.00732 e. The minimum Gasteiger partial charge on any atom is -0.0870 e. The maximum absolute atomic E-state index is 2.40. The Bertz CT molecular complexity index is 1530. The van der Waals surface area contributed by atoms with Crippen molar-refractivity contribution in [1.29, 1.82) is 0 Å². The summed E-state index contributed by atoms with van der Waals surface area (Å²) >= 11 is 0. The summed E-state index contributed by atoms with van der Waals surface area (Å²) in [6.45, 7) is 8.81. The van der Waals surface area contributed by atoms with E-state index in [2.05, 4.69) is 137 Å². The number of benzene rings is 5. The van der Waals surface area contributed by atoms with Crippen LogP contribution in [0.15, 0.2) is 103 Å². The Morgan fingerprint density at radius 1 is 0.629 bits per heavy atom. The van der Waals surface area contributed by atoms with Crippen LogP contribution < -0.4 is 0 Å². The molecule has 0 aliphatic carbocycles. The van der Waals surface area contributed by atoms with E-state index in [-0.39, 0.29) is 0 Å². The first-order valence-corrected chi connectivity index (χ1v) is 12.6. The van der Waals surface area contributed by atoms with Crippen LogP contribution in [0.25, 0.3) is 50.2 Å². The van der Waals surface area contributed by atoms with Crippen molar-refractivity contribution in [2.24, 2.45) is 0 Å². The molecular formula is C35H32. The van der Waals surface area contributed by atoms with E-state index in [4.69, 9.17) is 0 Å². The normalized spacial score (nSPS) is 11.4. The summed E-state index contributed by atoms with van der Waals surface area (Å²) < 4.78 is 0. The summed E-state index contributed by atoms with van der Waals surface area (Å²) in [5.41, 5.74) is 13.2. The summed E-state index contributed by atoms with van der Waals surface area (Å²) in [6, 6.07) is 35.5. The second-order valence-corrected chi connectivity index (χ2v) is 9.28. The van der Waals surface area contributed by atoms with Gasteiger partial charge in [-0.05, 0) is 99.7 Å². The average molecular weight is 453 g/mol. The van der Waals surface area contributed by atoms with E-state index in [0.717, 1.165) is 6.42 Å². The molecule has 0 heterocycles. The van der Waals surface area contributed by atoms with Crippen molar-refractivity contribution in [2.75, 3.05) is 0 Å². The molecule has 172 valence electrons. The van der Waals surface area contributed by atoms with Gasteiger partial charge in [0.1, 0.15) is 0 Å². The first kappa shape index (κ1) is 22.9. The SMILES string of the molecule is C/C=C\c1c(-c2ccccc2)ccc(-c2ccc3ccc(C)c(-c4ccccc4C)c3c2)c1CC. The third kappa shape index (κ3) is 4.21. The minimum atomic E-state index is 0.978. The Balaban J connectivity index is 1.76. The van der Waals surface area contributed by atoms with Gasteiger partial charge in [0.2, 0.25) is 0 Å². The Labute approximate surface area is 209 Å². The molecule has 0 aromatic heterocycles. The van der Waals surface area contributed by atoms with Crippen LogP contribution in [0, 0.1) is 13.8 Å². The second-order valence-electron chi connectivity index (χ2n) is 9.28. The predicted octanol–water partition coefficient (Wildman–Crippen LogP) is 10.1. The summed E-state index contributed by atoms with van der Waals surface area (Å²) in [4.78, 5) is 0. The summed E-state index contributed by atoms with van der Waals surface area (Å²) in [5.74, 6) is 0. The monoisotopic (exact) mass is 452 g/mol. The van der Waals surface area contributed by atoms with E-state index < -0.39 is 0 Å². The maximum atomic E-state index is 2.40. The molecule has 0 saturated carbocycles. The molecule has 0 bridgehead atoms. The van der Waals surface area contributed by atoms with Crippen molar-refractivity contribution in [1.82, 2.24) is 0 Å². The fraction of sp³-hybridized carbons (Fsp3) is 0.143. The molecule has 0 spiro atoms. The highest BCUT2D eigenvalue weighted by Gasteiger charge is 2.15. The third-order valence-corrected chi connectivity index (χ3v) is 7.08. The first-order chi connectivity index (χ1) is 17.1. The van der Waals surface area contributed by atoms with Crippen molar-refractivity contribution in [2.45, 2.75) is 34.1 Å². The van der Waals surface area contributed by atoms with E-state index in [1.807, 2.05) is 0 Å². The number of rotatable bonds is 5. The van der Waals surface area contributed by atoms with Crippen molar-refractivity contribution in [3.8, 4) is 33.4 Å². The summed E-state index contributed by atoms with van der Waals surface area (Å²) in [5, 5.41) is 2.60. The molecule has 0 saturated heterocycles. The van der Waals surface area contributed by atoms with E-state index in [0.29, 0.717) is 0 Å². The average Bonchev–Trinajstić information content (AvgIpc) is 2.89. The van der Waals surface area contributed by atoms with Crippen LogP contribution in [0.4, 0.5) is 0 Å². The lowest BCUT2D eigenvalue weighted by Gasteiger charge is -2.18. The molecule has 0 aliphatic heterocycles. The smallest absolute Gasteiger partial charge is 0.00732 e. The summed E-state index contributed by atoms with van der Waals surface area (Å²) in [7, 11) is 0. The number of hydrogen-bond acceptors (Lipinski definition) is 0. The van der Waals surface area contributed by atoms with Crippen molar-refractivity contribution >= 4 is 16.8 Å². The van der Waals surface area contributed by atoms with E-state index >= 15 is 0 Å². The predicted molar refractivity (Wildman–Crippen MR) is 154 cm³/mol. The topological polar surface area (TPSA) is 0 Å². The van der Waals surface area contributed by atoms with E-state index in [1.54, 1.807) is 0 Å². The zero-order valence-corrected chi connectivity index (χ0v) is 21.1. The Kier molecular flexibility index (Phi) is 6.38. The number of fused-ring (bicyclic) bond motifs is 1. The molecule has 0 unspecified atom stereocenters. The first-order valence-electron chi connectivity index (χ1n) is 12.6. The molecule has 0 nitrogen and oxygen atoms in total. The van der Waals surface area contributed by atoms with Crippen LogP contribution in [-0.2, 0) is 6.42 Å². The van der Waals surface area contributed by atoms with Gasteiger partial charge >= 0.3 is 0 Å². The highest BCUT2D eigenvalue weighted by molar-refractivity contribution is 6.01. The Morgan fingerprint density at radius 2 is 1.34 bits per heavy atom. The van der Waals surface area contributed by atoms with Crippen molar-refractivity contribution < 1.29 is 0 Å². The van der Waals surface area contributed by atoms with Crippen LogP contribution in [-0.4, -0.2) is 0 Å². The lowest BCUT2D eigenvalue weighted by atomic mass is 9.86. The van der Waals surface area contributed by atoms with E-state index in [9.17, 15) is 0 Å². The van der Waals surface area contributed by atoms with Crippen LogP contribution >= 0.6 is 0 Å². The van der Waals surface area contributed by atoms with Crippen LogP contribution in [0.2, 0.25) is 0 Å². The van der Waals surface area contributed by atoms with Crippen LogP contribution in [0.1, 0.15) is 36.1 Å². The number of hydrogen-bond donors (Lipinski definition) is 0. The van der Waals surface area contributed by atoms with Gasteiger partial charge in [0, 0.05) is 0 Å². The van der Waals surface area contributed by atoms with Gasteiger partial charge in [0.05, 0.1) is 0 Å². The second kappa shape index (κ2) is 9.76. The molecule has 0 amide bonds. The van der Waals surface area contributed by atoms with Gasteiger partial charge in [-0.25, -0.2) is 0 Å². The molecule has 35 heavy (non-hydrogen) atoms. The highest BCUT2D eigenvalue weighted by Crippen LogP contribution is 2.39. The van der Waals surface area contributed by atoms with Gasteiger partial charge in [-0.1, -0.05) is 110 Å². The number of allylic oxidation sites excluding steroid dienone is 1. The molecule has 0 heteroatoms. The highest BCUT2D eigenvalue weighted by atomic mass is 14.2. The van der Waals surface area contributed by atoms with Gasteiger partial charge in [0.25, 0.3) is 0 Å². The van der Waals surface area contributed by atoms with Gasteiger partial charge in [-0.3, -0.25) is 0 Å². The van der Waals surface area contributed by atoms with Crippen molar-refractivity contribution in [3.05, 3.63) is 125 Å². The van der Waals surface area contributed by atoms with Crippen LogP contribution in [0.3, 0.4) is 0 Å². The van der Waals surface area contributed by atoms with Gasteiger partial charge < -0.3 is 0 Å². The fourth-order valence-corrected chi connectivity index (χ4v) is 5.35. The molecule has 0 aliphatic rings. The molecule has 0 fully saturated rings. The largest absolute Gasteiger partial charge is 0.0870 e. The van der Waals surface area contributed by atoms with E-state index in [1.165, 1.54) is 66.4 Å². The third-order valence-electron chi connectivity index (χ3n) is 7.08. The van der Waals surface area contributed by atoms with Gasteiger partial charge in [-0.2, -0.15) is 0 Å². The van der Waals surface area contributed by atoms with Crippen molar-refractivity contribution in [3.63, 3.8) is 0 Å². The number of aryl methyl sites for hydroxylation is 2. The quantitative estimate of drug-likeness (QED) is 0.249.